The van der Waals surface area contributed by atoms with Gasteiger partial charge in [0.2, 0.25) is 17.7 Å². The average molecular weight is 625 g/mol. The zero-order valence-corrected chi connectivity index (χ0v) is 29.5. The Morgan fingerprint density at radius 2 is 1.52 bits per heavy atom. The quantitative estimate of drug-likeness (QED) is 0.176. The summed E-state index contributed by atoms with van der Waals surface area (Å²) in [4.78, 5) is 54.4. The van der Waals surface area contributed by atoms with Gasteiger partial charge in [-0.25, -0.2) is 0 Å². The number of amides is 3. The first kappa shape index (κ1) is 40.0. The van der Waals surface area contributed by atoms with Gasteiger partial charge in [0.15, 0.2) is 5.78 Å². The molecule has 1 unspecified atom stereocenters. The number of nitrogens with one attached hydrogen (secondary N) is 2. The van der Waals surface area contributed by atoms with E-state index in [4.69, 9.17) is 15.2 Å². The van der Waals surface area contributed by atoms with Crippen molar-refractivity contribution in [2.75, 3.05) is 27.8 Å². The molecule has 0 aromatic rings. The Balaban J connectivity index is 3.09. The Bertz CT molecular complexity index is 912. The Labute approximate surface area is 267 Å². The average Bonchev–Trinajstić information content (AvgIpc) is 3.46. The number of likely N-dealkylation sites (tertiary alicyclic amines) is 1. The van der Waals surface area contributed by atoms with Gasteiger partial charge < -0.3 is 30.7 Å². The van der Waals surface area contributed by atoms with Crippen molar-refractivity contribution in [3.05, 3.63) is 0 Å². The number of Topliss-reactive ketones (excluding diaryl/α,β-unsaturated/α-hetero) is 1. The minimum atomic E-state index is -0.562. The highest BCUT2D eigenvalue weighted by molar-refractivity contribution is 5.92. The van der Waals surface area contributed by atoms with Crippen molar-refractivity contribution >= 4 is 23.5 Å². The number of ether oxygens (including phenoxy) is 2. The van der Waals surface area contributed by atoms with E-state index in [-0.39, 0.29) is 71.8 Å². The predicted octanol–water partition coefficient (Wildman–Crippen LogP) is 3.94. The molecule has 1 aliphatic rings. The number of hydrogen-bond acceptors (Lipinski definition) is 7. The molecule has 1 saturated heterocycles. The number of ketones is 1. The molecule has 0 radical (unpaired) electrons. The van der Waals surface area contributed by atoms with Gasteiger partial charge >= 0.3 is 0 Å². The molecule has 0 spiro atoms. The minimum absolute atomic E-state index is 0.0127. The lowest BCUT2D eigenvalue weighted by Crippen LogP contribution is -2.54. The van der Waals surface area contributed by atoms with E-state index in [1.807, 2.05) is 39.5 Å². The number of primary amides is 1. The third kappa shape index (κ3) is 10.8. The number of hydrogen-bond donors (Lipinski definition) is 3. The molecule has 0 bridgehead atoms. The van der Waals surface area contributed by atoms with Gasteiger partial charge in [-0.3, -0.25) is 19.2 Å². The van der Waals surface area contributed by atoms with Gasteiger partial charge in [-0.15, -0.1) is 0 Å². The van der Waals surface area contributed by atoms with Gasteiger partial charge in [0.25, 0.3) is 0 Å². The summed E-state index contributed by atoms with van der Waals surface area (Å²) in [5.41, 5.74) is 5.58. The van der Waals surface area contributed by atoms with Crippen LogP contribution in [-0.4, -0.2) is 86.6 Å². The van der Waals surface area contributed by atoms with Crippen molar-refractivity contribution in [1.29, 1.82) is 0 Å². The number of likely N-dealkylation sites (N-methyl/N-ethyl adjacent to an activating group) is 1. The summed E-state index contributed by atoms with van der Waals surface area (Å²) in [6, 6.07) is -1.14. The maximum atomic E-state index is 13.8. The molecule has 0 aromatic heterocycles. The summed E-state index contributed by atoms with van der Waals surface area (Å²) >= 11 is 0. The predicted molar refractivity (Wildman–Crippen MR) is 175 cm³/mol. The summed E-state index contributed by atoms with van der Waals surface area (Å²) < 4.78 is 11.7. The monoisotopic (exact) mass is 624 g/mol. The van der Waals surface area contributed by atoms with Crippen molar-refractivity contribution in [2.24, 2.45) is 41.2 Å². The highest BCUT2D eigenvalue weighted by Gasteiger charge is 2.41. The second-order valence-corrected chi connectivity index (χ2v) is 13.5. The van der Waals surface area contributed by atoms with E-state index in [1.54, 1.807) is 28.2 Å². The lowest BCUT2D eigenvalue weighted by Gasteiger charge is -2.36. The van der Waals surface area contributed by atoms with Crippen molar-refractivity contribution in [2.45, 2.75) is 131 Å². The molecular formula is C34H64N4O6. The number of carbonyl (C=O) groups excluding carboxylic acids is 4. The van der Waals surface area contributed by atoms with Gasteiger partial charge in [0.05, 0.1) is 42.7 Å². The van der Waals surface area contributed by atoms with E-state index < -0.39 is 24.0 Å². The maximum Gasteiger partial charge on any atom is 0.237 e. The van der Waals surface area contributed by atoms with Crippen molar-refractivity contribution in [1.82, 2.24) is 15.5 Å². The second-order valence-electron chi connectivity index (χ2n) is 13.5. The fourth-order valence-electron chi connectivity index (χ4n) is 6.91. The van der Waals surface area contributed by atoms with E-state index in [1.165, 1.54) is 0 Å². The smallest absolute Gasteiger partial charge is 0.237 e. The number of methoxy groups -OCH3 is 2. The van der Waals surface area contributed by atoms with Crippen LogP contribution in [0.25, 0.3) is 0 Å². The third-order valence-electron chi connectivity index (χ3n) is 10.0. The van der Waals surface area contributed by atoms with Crippen LogP contribution in [0.5, 0.6) is 0 Å². The van der Waals surface area contributed by atoms with Crippen molar-refractivity contribution in [3.63, 3.8) is 0 Å². The van der Waals surface area contributed by atoms with Gasteiger partial charge in [0, 0.05) is 26.7 Å². The number of rotatable bonds is 21. The first-order valence-electron chi connectivity index (χ1n) is 16.9. The standard InChI is InChI=1S/C34H64N4O6/c1-12-22(7)25(17-16-24(13-2)31(40)29(20(3)4)37-34(42)30(36-9)21(5)6)27(43-10)19-28(39)38-18-14-15-26(38)32(44-11)23(8)33(35)41/h20-27,29-30,32,36H,12-19H2,1-11H3,(H2,35,41)(H,37,42)/t22-,23+,24?,25-,26-,27+,29-,30-,32+/m0/s1. The minimum Gasteiger partial charge on any atom is -0.381 e. The molecule has 4 N–H and O–H groups in total. The summed E-state index contributed by atoms with van der Waals surface area (Å²) in [5.74, 6) is -0.861. The first-order valence-corrected chi connectivity index (χ1v) is 16.9. The fourth-order valence-corrected chi connectivity index (χ4v) is 6.91. The fraction of sp³-hybridized carbons (Fsp3) is 0.882. The molecule has 1 fully saturated rings. The van der Waals surface area contributed by atoms with Crippen LogP contribution in [0.4, 0.5) is 0 Å². The summed E-state index contributed by atoms with van der Waals surface area (Å²) in [5, 5.41) is 6.11. The molecule has 0 aromatic carbocycles. The van der Waals surface area contributed by atoms with Crippen LogP contribution < -0.4 is 16.4 Å². The summed E-state index contributed by atoms with van der Waals surface area (Å²) in [6.45, 7) is 16.6. The van der Waals surface area contributed by atoms with Crippen molar-refractivity contribution in [3.8, 4) is 0 Å². The number of carbonyl (C=O) groups is 4. The van der Waals surface area contributed by atoms with Crippen LogP contribution in [-0.2, 0) is 28.7 Å². The highest BCUT2D eigenvalue weighted by atomic mass is 16.5. The molecule has 10 nitrogen and oxygen atoms in total. The molecule has 1 rings (SSSR count). The third-order valence-corrected chi connectivity index (χ3v) is 10.0. The first-order chi connectivity index (χ1) is 20.7. The lowest BCUT2D eigenvalue weighted by atomic mass is 9.78. The van der Waals surface area contributed by atoms with E-state index in [0.29, 0.717) is 19.4 Å². The molecule has 44 heavy (non-hydrogen) atoms. The lowest BCUT2D eigenvalue weighted by molar-refractivity contribution is -0.142. The highest BCUT2D eigenvalue weighted by Crippen LogP contribution is 2.33. The van der Waals surface area contributed by atoms with Crippen LogP contribution in [0, 0.1) is 35.5 Å². The van der Waals surface area contributed by atoms with Crippen LogP contribution >= 0.6 is 0 Å². The Morgan fingerprint density at radius 1 is 0.909 bits per heavy atom. The largest absolute Gasteiger partial charge is 0.381 e. The van der Waals surface area contributed by atoms with E-state index in [9.17, 15) is 19.2 Å². The zero-order valence-electron chi connectivity index (χ0n) is 29.5. The Kier molecular flexibility index (Phi) is 17.7. The molecule has 1 aliphatic heterocycles. The van der Waals surface area contributed by atoms with Gasteiger partial charge in [0.1, 0.15) is 0 Å². The maximum absolute atomic E-state index is 13.8. The van der Waals surface area contributed by atoms with Crippen LogP contribution in [0.15, 0.2) is 0 Å². The molecule has 1 heterocycles. The zero-order chi connectivity index (χ0) is 33.7. The van der Waals surface area contributed by atoms with Crippen LogP contribution in [0.3, 0.4) is 0 Å². The van der Waals surface area contributed by atoms with Gasteiger partial charge in [-0.2, -0.15) is 0 Å². The molecule has 0 aliphatic carbocycles. The molecule has 9 atom stereocenters. The number of nitrogens with zero attached hydrogens (tertiary/aromatic N) is 1. The SMILES string of the molecule is CCC(CC[C@@H]([C@@H](C)CC)[C@@H](CC(=O)N1CCC[C@H]1[C@H](OC)[C@@H](C)C(N)=O)OC)C(=O)[C@@H](NC(=O)[C@@H](NC)C(C)C)C(C)C. The molecular weight excluding hydrogens is 560 g/mol. The molecule has 0 saturated carbocycles. The molecule has 10 heteroatoms. The summed E-state index contributed by atoms with van der Waals surface area (Å²) in [7, 11) is 4.98. The van der Waals surface area contributed by atoms with Gasteiger partial charge in [-0.1, -0.05) is 61.8 Å². The van der Waals surface area contributed by atoms with Crippen LogP contribution in [0.2, 0.25) is 0 Å². The second kappa shape index (κ2) is 19.5. The molecule has 3 amide bonds. The van der Waals surface area contributed by atoms with Crippen molar-refractivity contribution < 1.29 is 28.7 Å². The van der Waals surface area contributed by atoms with E-state index >= 15 is 0 Å². The number of nitrogens with two attached hydrogens (primary N) is 1. The van der Waals surface area contributed by atoms with E-state index in [2.05, 4.69) is 24.5 Å². The van der Waals surface area contributed by atoms with Gasteiger partial charge in [-0.05, 0) is 62.8 Å². The summed E-state index contributed by atoms with van der Waals surface area (Å²) in [6.07, 6.45) is 4.03. The Hall–Kier alpha value is -2.04. The molecule has 256 valence electrons. The van der Waals surface area contributed by atoms with Crippen LogP contribution in [0.1, 0.15) is 100 Å². The normalized spacial score (nSPS) is 20.9. The van der Waals surface area contributed by atoms with E-state index in [0.717, 1.165) is 25.7 Å². The topological polar surface area (TPSA) is 140 Å². The Morgan fingerprint density at radius 3 is 1.98 bits per heavy atom.